The first kappa shape index (κ1) is 18.2. The summed E-state index contributed by atoms with van der Waals surface area (Å²) >= 11 is 1.48. The number of fused-ring (bicyclic) bond motifs is 4. The SMILES string of the molecule is COc1cnc2c(-c3nc4cc(F)c5c(c4s3)[C@@H](C)C(CO)O5)cc(C)cc2n1. The van der Waals surface area contributed by atoms with E-state index in [0.29, 0.717) is 22.4 Å². The summed E-state index contributed by atoms with van der Waals surface area (Å²) in [5.74, 6) is 0.0859. The van der Waals surface area contributed by atoms with Crippen LogP contribution in [0, 0.1) is 12.7 Å². The summed E-state index contributed by atoms with van der Waals surface area (Å²) in [6, 6.07) is 5.35. The average Bonchev–Trinajstić information content (AvgIpc) is 3.27. The lowest BCUT2D eigenvalue weighted by Crippen LogP contribution is -2.21. The highest BCUT2D eigenvalue weighted by Crippen LogP contribution is 2.47. The Kier molecular flexibility index (Phi) is 4.15. The quantitative estimate of drug-likeness (QED) is 0.544. The number of rotatable bonds is 3. The lowest BCUT2D eigenvalue weighted by Gasteiger charge is -2.10. The number of aliphatic hydroxyl groups is 1. The molecule has 0 radical (unpaired) electrons. The highest BCUT2D eigenvalue weighted by atomic mass is 32.1. The zero-order valence-corrected chi connectivity index (χ0v) is 16.9. The molecule has 1 N–H and O–H groups in total. The molecular weight excluding hydrogens is 393 g/mol. The molecule has 0 saturated carbocycles. The van der Waals surface area contributed by atoms with E-state index in [1.54, 1.807) is 13.3 Å². The number of hydrogen-bond acceptors (Lipinski definition) is 7. The minimum atomic E-state index is -0.453. The van der Waals surface area contributed by atoms with Gasteiger partial charge in [-0.3, -0.25) is 0 Å². The van der Waals surface area contributed by atoms with E-state index >= 15 is 0 Å². The number of hydrogen-bond donors (Lipinski definition) is 1. The van der Waals surface area contributed by atoms with E-state index < -0.39 is 11.9 Å². The highest BCUT2D eigenvalue weighted by Gasteiger charge is 2.36. The third-order valence-electron chi connectivity index (χ3n) is 5.29. The molecule has 5 rings (SSSR count). The summed E-state index contributed by atoms with van der Waals surface area (Å²) in [6.45, 7) is 3.75. The molecule has 0 saturated heterocycles. The van der Waals surface area contributed by atoms with Gasteiger partial charge in [-0.05, 0) is 24.6 Å². The molecule has 2 aromatic carbocycles. The lowest BCUT2D eigenvalue weighted by molar-refractivity contribution is 0.117. The van der Waals surface area contributed by atoms with Crippen molar-refractivity contribution in [1.29, 1.82) is 0 Å². The summed E-state index contributed by atoms with van der Waals surface area (Å²) < 4.78 is 26.4. The Bertz CT molecular complexity index is 1270. The minimum absolute atomic E-state index is 0.125. The highest BCUT2D eigenvalue weighted by molar-refractivity contribution is 7.22. The van der Waals surface area contributed by atoms with Crippen LogP contribution in [0.5, 0.6) is 11.6 Å². The van der Waals surface area contributed by atoms with Crippen molar-refractivity contribution in [2.45, 2.75) is 25.9 Å². The molecule has 0 spiro atoms. The summed E-state index contributed by atoms with van der Waals surface area (Å²) in [6.07, 6.45) is 1.13. The number of aryl methyl sites for hydroxylation is 1. The Morgan fingerprint density at radius 2 is 2.07 bits per heavy atom. The summed E-state index contributed by atoms with van der Waals surface area (Å²) in [5, 5.41) is 10.3. The van der Waals surface area contributed by atoms with Crippen LogP contribution in [-0.4, -0.2) is 39.9 Å². The van der Waals surface area contributed by atoms with Gasteiger partial charge in [0.1, 0.15) is 11.1 Å². The van der Waals surface area contributed by atoms with Gasteiger partial charge in [0.2, 0.25) is 5.88 Å². The van der Waals surface area contributed by atoms with Gasteiger partial charge >= 0.3 is 0 Å². The van der Waals surface area contributed by atoms with Crippen molar-refractivity contribution in [3.63, 3.8) is 0 Å². The van der Waals surface area contributed by atoms with Crippen LogP contribution < -0.4 is 9.47 Å². The maximum Gasteiger partial charge on any atom is 0.232 e. The van der Waals surface area contributed by atoms with Gasteiger partial charge in [-0.15, -0.1) is 11.3 Å². The van der Waals surface area contributed by atoms with Gasteiger partial charge < -0.3 is 14.6 Å². The van der Waals surface area contributed by atoms with E-state index in [0.717, 1.165) is 26.4 Å². The summed E-state index contributed by atoms with van der Waals surface area (Å²) in [7, 11) is 1.55. The van der Waals surface area contributed by atoms with Crippen LogP contribution in [0.3, 0.4) is 0 Å². The molecule has 0 bridgehead atoms. The molecule has 0 amide bonds. The fourth-order valence-corrected chi connectivity index (χ4v) is 5.03. The molecule has 0 aliphatic carbocycles. The third-order valence-corrected chi connectivity index (χ3v) is 6.43. The Hall–Kier alpha value is -2.84. The maximum absolute atomic E-state index is 14.6. The van der Waals surface area contributed by atoms with Gasteiger partial charge in [0, 0.05) is 23.1 Å². The first-order valence-corrected chi connectivity index (χ1v) is 10.0. The van der Waals surface area contributed by atoms with E-state index in [2.05, 4.69) is 9.97 Å². The molecule has 1 unspecified atom stereocenters. The topological polar surface area (TPSA) is 77.4 Å². The Balaban J connectivity index is 1.75. The van der Waals surface area contributed by atoms with E-state index in [1.807, 2.05) is 26.0 Å². The van der Waals surface area contributed by atoms with Crippen LogP contribution in [0.4, 0.5) is 4.39 Å². The van der Waals surface area contributed by atoms with Crippen molar-refractivity contribution in [3.05, 3.63) is 41.3 Å². The van der Waals surface area contributed by atoms with Gasteiger partial charge in [0.25, 0.3) is 0 Å². The first-order chi connectivity index (χ1) is 14.0. The van der Waals surface area contributed by atoms with Gasteiger partial charge in [0.15, 0.2) is 11.6 Å². The number of aromatic nitrogens is 3. The van der Waals surface area contributed by atoms with E-state index in [1.165, 1.54) is 17.4 Å². The molecule has 29 heavy (non-hydrogen) atoms. The lowest BCUT2D eigenvalue weighted by atomic mass is 9.97. The average molecular weight is 411 g/mol. The van der Waals surface area contributed by atoms with Crippen LogP contribution >= 0.6 is 11.3 Å². The van der Waals surface area contributed by atoms with Gasteiger partial charge in [-0.25, -0.2) is 19.3 Å². The number of thiazole rings is 1. The second-order valence-corrected chi connectivity index (χ2v) is 8.19. The zero-order chi connectivity index (χ0) is 20.3. The molecule has 4 aromatic rings. The fraction of sp³-hybridized carbons (Fsp3) is 0.286. The normalized spacial score (nSPS) is 18.2. The van der Waals surface area contributed by atoms with Crippen LogP contribution in [0.15, 0.2) is 24.4 Å². The molecule has 6 nitrogen and oxygen atoms in total. The number of nitrogens with zero attached hydrogens (tertiary/aromatic N) is 3. The number of methoxy groups -OCH3 is 1. The van der Waals surface area contributed by atoms with E-state index in [4.69, 9.17) is 14.5 Å². The van der Waals surface area contributed by atoms with E-state index in [-0.39, 0.29) is 18.3 Å². The number of aliphatic hydroxyl groups excluding tert-OH is 1. The number of halogens is 1. The molecule has 148 valence electrons. The van der Waals surface area contributed by atoms with Crippen molar-refractivity contribution in [1.82, 2.24) is 15.0 Å². The third kappa shape index (κ3) is 2.74. The molecule has 1 aliphatic heterocycles. The van der Waals surface area contributed by atoms with Gasteiger partial charge in [-0.1, -0.05) is 6.92 Å². The van der Waals surface area contributed by atoms with Gasteiger partial charge in [-0.2, -0.15) is 0 Å². The molecule has 1 aliphatic rings. The number of ether oxygens (including phenoxy) is 2. The molecule has 2 atom stereocenters. The van der Waals surface area contributed by atoms with Crippen molar-refractivity contribution in [3.8, 4) is 22.2 Å². The maximum atomic E-state index is 14.6. The summed E-state index contributed by atoms with van der Waals surface area (Å²) in [5.41, 5.74) is 4.63. The van der Waals surface area contributed by atoms with Crippen LogP contribution in [0.25, 0.3) is 31.8 Å². The van der Waals surface area contributed by atoms with Crippen molar-refractivity contribution < 1.29 is 19.0 Å². The second-order valence-electron chi connectivity index (χ2n) is 7.19. The zero-order valence-electron chi connectivity index (χ0n) is 16.1. The minimum Gasteiger partial charge on any atom is -0.484 e. The number of benzene rings is 2. The molecule has 3 heterocycles. The molecule has 0 fully saturated rings. The van der Waals surface area contributed by atoms with Crippen molar-refractivity contribution in [2.24, 2.45) is 0 Å². The first-order valence-electron chi connectivity index (χ1n) is 9.22. The Morgan fingerprint density at radius 1 is 1.24 bits per heavy atom. The monoisotopic (exact) mass is 411 g/mol. The molecule has 8 heteroatoms. The Morgan fingerprint density at radius 3 is 2.83 bits per heavy atom. The van der Waals surface area contributed by atoms with Gasteiger partial charge in [0.05, 0.1) is 41.2 Å². The molecular formula is C21H18FN3O3S. The van der Waals surface area contributed by atoms with Crippen molar-refractivity contribution in [2.75, 3.05) is 13.7 Å². The van der Waals surface area contributed by atoms with Crippen LogP contribution in [0.2, 0.25) is 0 Å². The standard InChI is InChI=1S/C21H18FN3O3S/c1-9-4-11(18-13(5-9)24-16(27-3)7-23-18)21-25-14-6-12(22)19-17(20(14)29-21)10(2)15(8-26)28-19/h4-7,10,15,26H,8H2,1-3H3/t10-,15?/m0/s1. The predicted molar refractivity (Wildman–Crippen MR) is 109 cm³/mol. The Labute approximate surface area is 170 Å². The fourth-order valence-electron chi connectivity index (χ4n) is 3.83. The predicted octanol–water partition coefficient (Wildman–Crippen LogP) is 4.22. The largest absolute Gasteiger partial charge is 0.484 e. The summed E-state index contributed by atoms with van der Waals surface area (Å²) in [4.78, 5) is 13.7. The molecule has 2 aromatic heterocycles. The van der Waals surface area contributed by atoms with Crippen LogP contribution in [-0.2, 0) is 0 Å². The van der Waals surface area contributed by atoms with Crippen molar-refractivity contribution >= 4 is 32.6 Å². The second kappa shape index (κ2) is 6.60. The smallest absolute Gasteiger partial charge is 0.232 e. The van der Waals surface area contributed by atoms with Crippen LogP contribution in [0.1, 0.15) is 24.0 Å². The van der Waals surface area contributed by atoms with E-state index in [9.17, 15) is 9.50 Å².